The predicted molar refractivity (Wildman–Crippen MR) is 69.5 cm³/mol. The molecule has 7 nitrogen and oxygen atoms in total. The molecule has 2 rings (SSSR count). The lowest BCUT2D eigenvalue weighted by Crippen LogP contribution is -2.34. The molecule has 2 aromatic heterocycles. The van der Waals surface area contributed by atoms with E-state index in [1.807, 2.05) is 19.2 Å². The first-order valence-electron chi connectivity index (χ1n) is 5.11. The summed E-state index contributed by atoms with van der Waals surface area (Å²) < 4.78 is 0.844. The molecule has 96 valence electrons. The first-order chi connectivity index (χ1) is 8.49. The fourth-order valence-electron chi connectivity index (χ4n) is 1.12. The molecule has 9 heteroatoms. The van der Waals surface area contributed by atoms with Crippen molar-refractivity contribution in [3.8, 4) is 0 Å². The third-order valence-corrected chi connectivity index (χ3v) is 4.04. The summed E-state index contributed by atoms with van der Waals surface area (Å²) in [5.41, 5.74) is 0. The van der Waals surface area contributed by atoms with Gasteiger partial charge in [0.2, 0.25) is 11.1 Å². The molecule has 0 spiro atoms. The number of nitrogens with one attached hydrogen (secondary N) is 1. The summed E-state index contributed by atoms with van der Waals surface area (Å²) in [6.07, 6.45) is 1.65. The van der Waals surface area contributed by atoms with Crippen molar-refractivity contribution in [1.82, 2.24) is 25.2 Å². The van der Waals surface area contributed by atoms with E-state index in [0.717, 1.165) is 0 Å². The van der Waals surface area contributed by atoms with Crippen molar-refractivity contribution in [2.45, 2.75) is 23.8 Å². The van der Waals surface area contributed by atoms with Crippen LogP contribution in [0.1, 0.15) is 13.8 Å². The van der Waals surface area contributed by atoms with Crippen molar-refractivity contribution >= 4 is 34.1 Å². The number of anilines is 1. The number of hydrogen-bond donors (Lipinski definition) is 1. The lowest BCUT2D eigenvalue weighted by molar-refractivity contribution is -0.117. The number of rotatable bonds is 4. The number of amides is 1. The third-order valence-electron chi connectivity index (χ3n) is 2.13. The summed E-state index contributed by atoms with van der Waals surface area (Å²) in [6.45, 7) is 3.63. The van der Waals surface area contributed by atoms with Gasteiger partial charge in [-0.2, -0.15) is 0 Å². The number of nitrogens with zero attached hydrogens (tertiary/aromatic N) is 5. The van der Waals surface area contributed by atoms with Crippen LogP contribution in [0.25, 0.3) is 0 Å². The van der Waals surface area contributed by atoms with Crippen LogP contribution >= 0.6 is 23.1 Å². The van der Waals surface area contributed by atoms with Crippen molar-refractivity contribution in [3.05, 3.63) is 11.6 Å². The van der Waals surface area contributed by atoms with Gasteiger partial charge in [-0.15, -0.1) is 16.4 Å². The highest BCUT2D eigenvalue weighted by atomic mass is 32.2. The van der Waals surface area contributed by atoms with Crippen LogP contribution in [0.2, 0.25) is 0 Å². The zero-order valence-corrected chi connectivity index (χ0v) is 11.7. The minimum Gasteiger partial charge on any atom is -0.301 e. The molecule has 0 fully saturated rings. The summed E-state index contributed by atoms with van der Waals surface area (Å²) in [6, 6.07) is 0. The van der Waals surface area contributed by atoms with Gasteiger partial charge in [-0.25, -0.2) is 9.67 Å². The Balaban J connectivity index is 2.06. The molecule has 0 aliphatic rings. The Morgan fingerprint density at radius 3 is 2.89 bits per heavy atom. The molecular weight excluding hydrogens is 272 g/mol. The summed E-state index contributed by atoms with van der Waals surface area (Å²) >= 11 is 2.68. The monoisotopic (exact) mass is 284 g/mol. The van der Waals surface area contributed by atoms with Gasteiger partial charge in [0.05, 0.1) is 4.75 Å². The highest BCUT2D eigenvalue weighted by Gasteiger charge is 2.31. The molecule has 0 unspecified atom stereocenters. The normalized spacial score (nSPS) is 11.5. The lowest BCUT2D eigenvalue weighted by atomic mass is 10.2. The van der Waals surface area contributed by atoms with Crippen molar-refractivity contribution in [1.29, 1.82) is 0 Å². The van der Waals surface area contributed by atoms with E-state index in [2.05, 4.69) is 25.8 Å². The highest BCUT2D eigenvalue weighted by Crippen LogP contribution is 2.31. The Hall–Kier alpha value is -1.48. The number of carbonyl (C=O) groups is 1. The fraction of sp³-hybridized carbons (Fsp3) is 0.444. The quantitative estimate of drug-likeness (QED) is 0.848. The maximum Gasteiger partial charge on any atom is 0.242 e. The van der Waals surface area contributed by atoms with E-state index < -0.39 is 4.75 Å². The Morgan fingerprint density at radius 2 is 2.33 bits per heavy atom. The van der Waals surface area contributed by atoms with E-state index >= 15 is 0 Å². The van der Waals surface area contributed by atoms with Crippen molar-refractivity contribution in [2.75, 3.05) is 5.32 Å². The van der Waals surface area contributed by atoms with E-state index in [4.69, 9.17) is 0 Å². The van der Waals surface area contributed by atoms with E-state index in [1.165, 1.54) is 27.8 Å². The molecule has 0 aromatic carbocycles. The number of thiazole rings is 1. The topological polar surface area (TPSA) is 85.6 Å². The number of carbonyl (C=O) groups excluding carboxylic acids is 1. The average Bonchev–Trinajstić information content (AvgIpc) is 2.91. The lowest BCUT2D eigenvalue weighted by Gasteiger charge is -2.20. The van der Waals surface area contributed by atoms with Crippen LogP contribution < -0.4 is 5.32 Å². The Kier molecular flexibility index (Phi) is 3.62. The van der Waals surface area contributed by atoms with Crippen LogP contribution in [0, 0.1) is 0 Å². The van der Waals surface area contributed by atoms with Crippen LogP contribution in [0.3, 0.4) is 0 Å². The second kappa shape index (κ2) is 5.02. The number of hydrogen-bond acceptors (Lipinski definition) is 7. The van der Waals surface area contributed by atoms with Gasteiger partial charge in [0.1, 0.15) is 0 Å². The Bertz CT molecular complexity index is 535. The van der Waals surface area contributed by atoms with Crippen molar-refractivity contribution < 1.29 is 4.79 Å². The zero-order chi connectivity index (χ0) is 13.2. The van der Waals surface area contributed by atoms with E-state index in [9.17, 15) is 4.79 Å². The molecule has 0 saturated heterocycles. The summed E-state index contributed by atoms with van der Waals surface area (Å²) in [5, 5.41) is 16.9. The average molecular weight is 284 g/mol. The first kappa shape index (κ1) is 13.0. The van der Waals surface area contributed by atoms with Gasteiger partial charge in [-0.05, 0) is 24.3 Å². The number of aryl methyl sites for hydroxylation is 1. The molecule has 0 aliphatic heterocycles. The van der Waals surface area contributed by atoms with E-state index in [0.29, 0.717) is 10.3 Å². The van der Waals surface area contributed by atoms with Gasteiger partial charge < -0.3 is 5.32 Å². The fourth-order valence-corrected chi connectivity index (χ4v) is 2.49. The van der Waals surface area contributed by atoms with Crippen molar-refractivity contribution in [2.24, 2.45) is 7.05 Å². The van der Waals surface area contributed by atoms with Gasteiger partial charge in [0.25, 0.3) is 0 Å². The van der Waals surface area contributed by atoms with Crippen LogP contribution in [-0.2, 0) is 11.8 Å². The van der Waals surface area contributed by atoms with Gasteiger partial charge in [-0.1, -0.05) is 11.8 Å². The molecule has 0 atom stereocenters. The molecule has 0 radical (unpaired) electrons. The Labute approximate surface area is 112 Å². The third kappa shape index (κ3) is 2.85. The summed E-state index contributed by atoms with van der Waals surface area (Å²) in [4.78, 5) is 16.1. The second-order valence-corrected chi connectivity index (χ2v) is 6.47. The van der Waals surface area contributed by atoms with Gasteiger partial charge in [0.15, 0.2) is 5.13 Å². The van der Waals surface area contributed by atoms with Gasteiger partial charge >= 0.3 is 0 Å². The van der Waals surface area contributed by atoms with Crippen LogP contribution in [0.5, 0.6) is 0 Å². The second-order valence-electron chi connectivity index (χ2n) is 3.99. The zero-order valence-electron chi connectivity index (χ0n) is 10.1. The van der Waals surface area contributed by atoms with Gasteiger partial charge in [-0.3, -0.25) is 4.79 Å². The maximum absolute atomic E-state index is 12.1. The van der Waals surface area contributed by atoms with Crippen LogP contribution in [0.4, 0.5) is 5.13 Å². The minimum absolute atomic E-state index is 0.134. The molecule has 2 heterocycles. The number of aromatic nitrogens is 5. The van der Waals surface area contributed by atoms with Crippen molar-refractivity contribution in [3.63, 3.8) is 0 Å². The summed E-state index contributed by atoms with van der Waals surface area (Å²) in [5.74, 6) is -0.134. The molecule has 0 bridgehead atoms. The smallest absolute Gasteiger partial charge is 0.242 e. The highest BCUT2D eigenvalue weighted by molar-refractivity contribution is 8.01. The minimum atomic E-state index is -0.686. The molecule has 1 amide bonds. The molecule has 18 heavy (non-hydrogen) atoms. The standard InChI is InChI=1S/C9H12N6OS2/c1-9(2,18-8-12-13-14-15(8)3)6(16)11-7-10-4-5-17-7/h4-5H,1-3H3,(H,10,11,16). The van der Waals surface area contributed by atoms with Gasteiger partial charge in [0, 0.05) is 18.6 Å². The van der Waals surface area contributed by atoms with Crippen LogP contribution in [0.15, 0.2) is 16.7 Å². The largest absolute Gasteiger partial charge is 0.301 e. The maximum atomic E-state index is 12.1. The van der Waals surface area contributed by atoms with E-state index in [1.54, 1.807) is 13.2 Å². The molecular formula is C9H12N6OS2. The van der Waals surface area contributed by atoms with E-state index in [-0.39, 0.29) is 5.91 Å². The summed E-state index contributed by atoms with van der Waals surface area (Å²) in [7, 11) is 1.73. The predicted octanol–water partition coefficient (Wildman–Crippen LogP) is 1.18. The first-order valence-corrected chi connectivity index (χ1v) is 6.81. The molecule has 0 saturated carbocycles. The van der Waals surface area contributed by atoms with Crippen LogP contribution in [-0.4, -0.2) is 35.8 Å². The SMILES string of the molecule is Cn1nnnc1SC(C)(C)C(=O)Nc1nccs1. The Morgan fingerprint density at radius 1 is 1.56 bits per heavy atom. The molecule has 2 aromatic rings. The molecule has 1 N–H and O–H groups in total. The number of thioether (sulfide) groups is 1. The number of tetrazole rings is 1. The molecule has 0 aliphatic carbocycles.